The Morgan fingerprint density at radius 1 is 1.44 bits per heavy atom. The summed E-state index contributed by atoms with van der Waals surface area (Å²) in [5.74, 6) is 0.403. The van der Waals surface area contributed by atoms with Crippen molar-refractivity contribution in [3.63, 3.8) is 0 Å². The monoisotopic (exact) mass is 311 g/mol. The number of carbonyl (C=O) groups excluding carboxylic acids is 1. The van der Waals surface area contributed by atoms with E-state index in [1.165, 1.54) is 0 Å². The number of hydrogen-bond donors (Lipinski definition) is 1. The van der Waals surface area contributed by atoms with Crippen molar-refractivity contribution in [2.24, 2.45) is 5.92 Å². The van der Waals surface area contributed by atoms with Gasteiger partial charge in [-0.1, -0.05) is 35.0 Å². The summed E-state index contributed by atoms with van der Waals surface area (Å²) >= 11 is 3.39. The lowest BCUT2D eigenvalue weighted by Gasteiger charge is -2.25. The summed E-state index contributed by atoms with van der Waals surface area (Å²) in [6, 6.07) is 7.59. The highest BCUT2D eigenvalue weighted by Gasteiger charge is 2.34. The second-order valence-electron chi connectivity index (χ2n) is 4.84. The van der Waals surface area contributed by atoms with Crippen LogP contribution in [0.1, 0.15) is 29.3 Å². The van der Waals surface area contributed by atoms with Crippen LogP contribution in [0.15, 0.2) is 24.3 Å². The molecule has 1 amide bonds. The minimum Gasteiger partial charge on any atom is -0.394 e. The Kier molecular flexibility index (Phi) is 4.40. The van der Waals surface area contributed by atoms with Gasteiger partial charge in [0.05, 0.1) is 12.6 Å². The van der Waals surface area contributed by atoms with Gasteiger partial charge in [0.2, 0.25) is 0 Å². The van der Waals surface area contributed by atoms with Gasteiger partial charge in [-0.2, -0.15) is 0 Å². The Morgan fingerprint density at radius 2 is 2.11 bits per heavy atom. The molecule has 1 saturated heterocycles. The average molecular weight is 312 g/mol. The first-order valence-corrected chi connectivity index (χ1v) is 7.36. The van der Waals surface area contributed by atoms with Crippen LogP contribution in [0.3, 0.4) is 0 Å². The van der Waals surface area contributed by atoms with Crippen molar-refractivity contribution in [1.82, 2.24) is 4.90 Å². The van der Waals surface area contributed by atoms with E-state index in [-0.39, 0.29) is 18.6 Å². The standard InChI is InChI=1S/C14H18BrNO2/c1-10-6-7-16(13(10)9-17)14(18)12-4-2-11(8-15)3-5-12/h2-5,10,13,17H,6-9H2,1H3. The summed E-state index contributed by atoms with van der Waals surface area (Å²) in [6.07, 6.45) is 0.969. The maximum absolute atomic E-state index is 12.4. The first kappa shape index (κ1) is 13.6. The SMILES string of the molecule is CC1CCN(C(=O)c2ccc(CBr)cc2)C1CO. The van der Waals surface area contributed by atoms with E-state index in [1.807, 2.05) is 24.3 Å². The number of rotatable bonds is 3. The van der Waals surface area contributed by atoms with Gasteiger partial charge in [0.25, 0.3) is 5.91 Å². The molecule has 0 aromatic heterocycles. The predicted molar refractivity (Wildman–Crippen MR) is 74.8 cm³/mol. The molecule has 1 aromatic carbocycles. The largest absolute Gasteiger partial charge is 0.394 e. The lowest BCUT2D eigenvalue weighted by atomic mass is 10.0. The molecule has 0 radical (unpaired) electrons. The number of benzene rings is 1. The number of aliphatic hydroxyl groups is 1. The molecule has 1 fully saturated rings. The molecule has 3 nitrogen and oxygen atoms in total. The second kappa shape index (κ2) is 5.85. The molecule has 0 aliphatic carbocycles. The molecule has 2 atom stereocenters. The Morgan fingerprint density at radius 3 is 2.67 bits per heavy atom. The molecule has 0 saturated carbocycles. The van der Waals surface area contributed by atoms with Crippen LogP contribution >= 0.6 is 15.9 Å². The fourth-order valence-corrected chi connectivity index (χ4v) is 2.81. The minimum absolute atomic E-state index is 0.0273. The molecule has 4 heteroatoms. The number of amides is 1. The van der Waals surface area contributed by atoms with Gasteiger partial charge in [0.1, 0.15) is 0 Å². The zero-order chi connectivity index (χ0) is 13.1. The smallest absolute Gasteiger partial charge is 0.254 e. The maximum atomic E-state index is 12.4. The molecule has 98 valence electrons. The lowest BCUT2D eigenvalue weighted by Crippen LogP contribution is -2.39. The zero-order valence-corrected chi connectivity index (χ0v) is 12.1. The topological polar surface area (TPSA) is 40.5 Å². The van der Waals surface area contributed by atoms with Crippen molar-refractivity contribution in [1.29, 1.82) is 0 Å². The van der Waals surface area contributed by atoms with Crippen LogP contribution in [0.25, 0.3) is 0 Å². The minimum atomic E-state index is -0.0339. The van der Waals surface area contributed by atoms with Gasteiger partial charge < -0.3 is 10.0 Å². The van der Waals surface area contributed by atoms with Gasteiger partial charge in [0.15, 0.2) is 0 Å². The van der Waals surface area contributed by atoms with Gasteiger partial charge in [-0.3, -0.25) is 4.79 Å². The number of aliphatic hydroxyl groups excluding tert-OH is 1. The Hall–Kier alpha value is -0.870. The summed E-state index contributed by atoms with van der Waals surface area (Å²) in [6.45, 7) is 2.87. The quantitative estimate of drug-likeness (QED) is 0.871. The summed E-state index contributed by atoms with van der Waals surface area (Å²) in [5, 5.41) is 10.2. The number of likely N-dealkylation sites (tertiary alicyclic amines) is 1. The maximum Gasteiger partial charge on any atom is 0.254 e. The van der Waals surface area contributed by atoms with Crippen molar-refractivity contribution >= 4 is 21.8 Å². The fraction of sp³-hybridized carbons (Fsp3) is 0.500. The van der Waals surface area contributed by atoms with Crippen LogP contribution in [0.4, 0.5) is 0 Å². The third-order valence-corrected chi connectivity index (χ3v) is 4.33. The van der Waals surface area contributed by atoms with E-state index >= 15 is 0 Å². The highest BCUT2D eigenvalue weighted by Crippen LogP contribution is 2.25. The first-order chi connectivity index (χ1) is 8.67. The van der Waals surface area contributed by atoms with Crippen molar-refractivity contribution in [3.8, 4) is 0 Å². The summed E-state index contributed by atoms with van der Waals surface area (Å²) < 4.78 is 0. The molecule has 1 aromatic rings. The van der Waals surface area contributed by atoms with E-state index < -0.39 is 0 Å². The first-order valence-electron chi connectivity index (χ1n) is 6.24. The molecule has 0 spiro atoms. The van der Waals surface area contributed by atoms with Crippen LogP contribution in [-0.4, -0.2) is 35.1 Å². The average Bonchev–Trinajstić information content (AvgIpc) is 2.79. The normalized spacial score (nSPS) is 23.4. The number of nitrogens with zero attached hydrogens (tertiary/aromatic N) is 1. The van der Waals surface area contributed by atoms with Gasteiger partial charge in [-0.25, -0.2) is 0 Å². The zero-order valence-electron chi connectivity index (χ0n) is 10.5. The van der Waals surface area contributed by atoms with Crippen molar-refractivity contribution in [2.45, 2.75) is 24.7 Å². The molecular formula is C14H18BrNO2. The highest BCUT2D eigenvalue weighted by atomic mass is 79.9. The number of alkyl halides is 1. The van der Waals surface area contributed by atoms with E-state index in [9.17, 15) is 9.90 Å². The van der Waals surface area contributed by atoms with Gasteiger partial charge in [-0.15, -0.1) is 0 Å². The summed E-state index contributed by atoms with van der Waals surface area (Å²) in [5.41, 5.74) is 1.85. The van der Waals surface area contributed by atoms with E-state index in [4.69, 9.17) is 0 Å². The second-order valence-corrected chi connectivity index (χ2v) is 5.41. The van der Waals surface area contributed by atoms with Crippen LogP contribution in [0.5, 0.6) is 0 Å². The fourth-order valence-electron chi connectivity index (χ4n) is 2.44. The van der Waals surface area contributed by atoms with E-state index in [0.29, 0.717) is 11.5 Å². The molecule has 2 unspecified atom stereocenters. The number of halogens is 1. The molecule has 0 bridgehead atoms. The highest BCUT2D eigenvalue weighted by molar-refractivity contribution is 9.08. The predicted octanol–water partition coefficient (Wildman–Crippen LogP) is 2.42. The van der Waals surface area contributed by atoms with Crippen LogP contribution < -0.4 is 0 Å². The van der Waals surface area contributed by atoms with Crippen LogP contribution in [-0.2, 0) is 5.33 Å². The molecule has 1 heterocycles. The van der Waals surface area contributed by atoms with Crippen molar-refractivity contribution < 1.29 is 9.90 Å². The lowest BCUT2D eigenvalue weighted by molar-refractivity contribution is 0.0648. The molecular weight excluding hydrogens is 294 g/mol. The number of carbonyl (C=O) groups is 1. The van der Waals surface area contributed by atoms with Gasteiger partial charge >= 0.3 is 0 Å². The van der Waals surface area contributed by atoms with E-state index in [2.05, 4.69) is 22.9 Å². The van der Waals surface area contributed by atoms with E-state index in [0.717, 1.165) is 23.9 Å². The van der Waals surface area contributed by atoms with Crippen molar-refractivity contribution in [3.05, 3.63) is 35.4 Å². The summed E-state index contributed by atoms with van der Waals surface area (Å²) in [4.78, 5) is 14.2. The number of hydrogen-bond acceptors (Lipinski definition) is 2. The Balaban J connectivity index is 2.15. The molecule has 1 aliphatic rings. The van der Waals surface area contributed by atoms with Crippen molar-refractivity contribution in [2.75, 3.05) is 13.2 Å². The Bertz CT molecular complexity index is 418. The van der Waals surface area contributed by atoms with Crippen LogP contribution in [0, 0.1) is 5.92 Å². The molecule has 18 heavy (non-hydrogen) atoms. The third kappa shape index (κ3) is 2.59. The molecule has 2 rings (SSSR count). The molecule has 1 aliphatic heterocycles. The van der Waals surface area contributed by atoms with Gasteiger partial charge in [0, 0.05) is 17.4 Å². The third-order valence-electron chi connectivity index (χ3n) is 3.69. The van der Waals surface area contributed by atoms with Gasteiger partial charge in [-0.05, 0) is 30.0 Å². The summed E-state index contributed by atoms with van der Waals surface area (Å²) in [7, 11) is 0. The molecule has 1 N–H and O–H groups in total. The van der Waals surface area contributed by atoms with Crippen LogP contribution in [0.2, 0.25) is 0 Å². The van der Waals surface area contributed by atoms with E-state index in [1.54, 1.807) is 4.90 Å². The Labute approximate surface area is 116 Å².